The molecule has 0 radical (unpaired) electrons. The van der Waals surface area contributed by atoms with E-state index >= 15 is 0 Å². The molecule has 1 N–H and O–H groups in total. The number of benzene rings is 2. The van der Waals surface area contributed by atoms with Crippen molar-refractivity contribution in [2.75, 3.05) is 6.61 Å². The van der Waals surface area contributed by atoms with E-state index in [2.05, 4.69) is 72.7 Å². The number of hydrogen-bond acceptors (Lipinski definition) is 3. The fourth-order valence-electron chi connectivity index (χ4n) is 3.73. The molecule has 2 aromatic rings. The first kappa shape index (κ1) is 23.0. The molecule has 0 saturated carbocycles. The molecule has 0 aliphatic carbocycles. The predicted molar refractivity (Wildman–Crippen MR) is 120 cm³/mol. The minimum Gasteiger partial charge on any atom is -0.507 e. The van der Waals surface area contributed by atoms with Crippen LogP contribution in [-0.2, 0) is 32.2 Å². The molecule has 2 aromatic carbocycles. The summed E-state index contributed by atoms with van der Waals surface area (Å²) >= 11 is 0. The number of phenols is 1. The van der Waals surface area contributed by atoms with Gasteiger partial charge in [-0.05, 0) is 39.5 Å². The average Bonchev–Trinajstić information content (AvgIpc) is 2.60. The van der Waals surface area contributed by atoms with E-state index in [1.165, 1.54) is 6.92 Å². The van der Waals surface area contributed by atoms with Gasteiger partial charge >= 0.3 is 5.97 Å². The van der Waals surface area contributed by atoms with Crippen LogP contribution in [0.4, 0.5) is 0 Å². The maximum Gasteiger partial charge on any atom is 0.302 e. The van der Waals surface area contributed by atoms with Crippen molar-refractivity contribution in [2.45, 2.75) is 78.1 Å². The van der Waals surface area contributed by atoms with Crippen LogP contribution in [0.25, 0.3) is 0 Å². The van der Waals surface area contributed by atoms with Crippen molar-refractivity contribution >= 4 is 5.97 Å². The Labute approximate surface area is 176 Å². The Morgan fingerprint density at radius 2 is 1.38 bits per heavy atom. The fourth-order valence-corrected chi connectivity index (χ4v) is 3.73. The standard InChI is InChI=1S/C26H36O3/c1-18(27)29-17-26(8,20-12-10-9-11-13-20)16-19-14-21(24(2,3)4)23(28)22(15-19)25(5,6)7/h9-15,28H,16-17H2,1-8H3. The summed E-state index contributed by atoms with van der Waals surface area (Å²) in [6.45, 7) is 16.6. The number of aromatic hydroxyl groups is 1. The van der Waals surface area contributed by atoms with Gasteiger partial charge in [-0.2, -0.15) is 0 Å². The Balaban J connectivity index is 2.60. The summed E-state index contributed by atoms with van der Waals surface area (Å²) in [5.74, 6) is 0.110. The molecule has 0 saturated heterocycles. The van der Waals surface area contributed by atoms with Crippen LogP contribution in [0.2, 0.25) is 0 Å². The van der Waals surface area contributed by atoms with E-state index in [9.17, 15) is 9.90 Å². The lowest BCUT2D eigenvalue weighted by Gasteiger charge is -2.32. The number of rotatable bonds is 5. The van der Waals surface area contributed by atoms with E-state index in [4.69, 9.17) is 4.74 Å². The van der Waals surface area contributed by atoms with Crippen LogP contribution in [0.1, 0.15) is 77.6 Å². The molecule has 1 atom stereocenters. The summed E-state index contributed by atoms with van der Waals surface area (Å²) in [6, 6.07) is 14.4. The molecule has 29 heavy (non-hydrogen) atoms. The van der Waals surface area contributed by atoms with Gasteiger partial charge in [-0.15, -0.1) is 0 Å². The molecule has 0 fully saturated rings. The zero-order valence-corrected chi connectivity index (χ0v) is 19.2. The maximum atomic E-state index is 11.5. The number of carbonyl (C=O) groups is 1. The zero-order valence-electron chi connectivity index (χ0n) is 19.2. The second-order valence-corrected chi connectivity index (χ2v) is 10.4. The van der Waals surface area contributed by atoms with Gasteiger partial charge in [0, 0.05) is 12.3 Å². The van der Waals surface area contributed by atoms with Gasteiger partial charge in [-0.1, -0.05) is 90.9 Å². The maximum absolute atomic E-state index is 11.5. The highest BCUT2D eigenvalue weighted by Crippen LogP contribution is 2.41. The molecule has 0 aliphatic rings. The number of esters is 1. The molecule has 0 spiro atoms. The van der Waals surface area contributed by atoms with Crippen LogP contribution < -0.4 is 0 Å². The van der Waals surface area contributed by atoms with Gasteiger partial charge < -0.3 is 9.84 Å². The summed E-state index contributed by atoms with van der Waals surface area (Å²) in [5.41, 5.74) is 3.43. The third kappa shape index (κ3) is 5.62. The topological polar surface area (TPSA) is 46.5 Å². The molecule has 0 heterocycles. The smallest absolute Gasteiger partial charge is 0.302 e. The predicted octanol–water partition coefficient (Wildman–Crippen LogP) is 6.05. The van der Waals surface area contributed by atoms with Gasteiger partial charge in [0.15, 0.2) is 0 Å². The largest absolute Gasteiger partial charge is 0.507 e. The van der Waals surface area contributed by atoms with Crippen molar-refractivity contribution in [3.8, 4) is 5.75 Å². The first-order valence-corrected chi connectivity index (χ1v) is 10.3. The Bertz CT molecular complexity index is 819. The van der Waals surface area contributed by atoms with Crippen molar-refractivity contribution in [1.29, 1.82) is 0 Å². The zero-order chi connectivity index (χ0) is 22.0. The van der Waals surface area contributed by atoms with Crippen LogP contribution in [0.15, 0.2) is 42.5 Å². The van der Waals surface area contributed by atoms with Gasteiger partial charge in [-0.3, -0.25) is 4.79 Å². The van der Waals surface area contributed by atoms with Crippen LogP contribution in [0.3, 0.4) is 0 Å². The molecule has 3 nitrogen and oxygen atoms in total. The van der Waals surface area contributed by atoms with Crippen LogP contribution in [0, 0.1) is 0 Å². The Kier molecular flexibility index (Phi) is 6.51. The number of hydrogen-bond donors (Lipinski definition) is 1. The second kappa shape index (κ2) is 8.22. The third-order valence-electron chi connectivity index (χ3n) is 5.44. The molecular formula is C26H36O3. The van der Waals surface area contributed by atoms with Crippen molar-refractivity contribution in [3.63, 3.8) is 0 Å². The Morgan fingerprint density at radius 1 is 0.897 bits per heavy atom. The Morgan fingerprint density at radius 3 is 1.79 bits per heavy atom. The first-order valence-electron chi connectivity index (χ1n) is 10.3. The fraction of sp³-hybridized carbons (Fsp3) is 0.500. The van der Waals surface area contributed by atoms with E-state index < -0.39 is 0 Å². The van der Waals surface area contributed by atoms with Crippen LogP contribution in [-0.4, -0.2) is 17.7 Å². The quantitative estimate of drug-likeness (QED) is 0.626. The molecular weight excluding hydrogens is 360 g/mol. The average molecular weight is 397 g/mol. The van der Waals surface area contributed by atoms with Crippen molar-refractivity contribution < 1.29 is 14.6 Å². The van der Waals surface area contributed by atoms with E-state index in [-0.39, 0.29) is 22.2 Å². The summed E-state index contributed by atoms with van der Waals surface area (Å²) < 4.78 is 5.46. The molecule has 0 bridgehead atoms. The van der Waals surface area contributed by atoms with Gasteiger partial charge in [0.25, 0.3) is 0 Å². The molecule has 0 aromatic heterocycles. The molecule has 0 aliphatic heterocycles. The van der Waals surface area contributed by atoms with Crippen molar-refractivity contribution in [2.24, 2.45) is 0 Å². The highest BCUT2D eigenvalue weighted by Gasteiger charge is 2.32. The monoisotopic (exact) mass is 396 g/mol. The molecule has 3 heteroatoms. The van der Waals surface area contributed by atoms with E-state index in [0.717, 1.165) is 22.3 Å². The summed E-state index contributed by atoms with van der Waals surface area (Å²) in [5, 5.41) is 11.0. The third-order valence-corrected chi connectivity index (χ3v) is 5.44. The van der Waals surface area contributed by atoms with Crippen molar-refractivity contribution in [1.82, 2.24) is 0 Å². The molecule has 2 rings (SSSR count). The normalized spacial score (nSPS) is 14.3. The van der Waals surface area contributed by atoms with E-state index in [1.54, 1.807) is 0 Å². The summed E-state index contributed by atoms with van der Waals surface area (Å²) in [4.78, 5) is 11.5. The molecule has 1 unspecified atom stereocenters. The number of carbonyl (C=O) groups excluding carboxylic acids is 1. The van der Waals surface area contributed by atoms with Gasteiger partial charge in [-0.25, -0.2) is 0 Å². The van der Waals surface area contributed by atoms with E-state index in [0.29, 0.717) is 18.8 Å². The van der Waals surface area contributed by atoms with Crippen LogP contribution in [0.5, 0.6) is 5.75 Å². The minimum absolute atomic E-state index is 0.181. The van der Waals surface area contributed by atoms with Gasteiger partial charge in [0.05, 0.1) is 0 Å². The molecule has 158 valence electrons. The van der Waals surface area contributed by atoms with E-state index in [1.807, 2.05) is 18.2 Å². The van der Waals surface area contributed by atoms with Gasteiger partial charge in [0.2, 0.25) is 0 Å². The highest BCUT2D eigenvalue weighted by molar-refractivity contribution is 5.66. The Hall–Kier alpha value is -2.29. The lowest BCUT2D eigenvalue weighted by Crippen LogP contribution is -2.32. The number of ether oxygens (including phenoxy) is 1. The molecule has 0 amide bonds. The summed E-state index contributed by atoms with van der Waals surface area (Å²) in [7, 11) is 0. The van der Waals surface area contributed by atoms with Crippen LogP contribution >= 0.6 is 0 Å². The highest BCUT2D eigenvalue weighted by atomic mass is 16.5. The number of phenolic OH excluding ortho intramolecular Hbond substituents is 1. The van der Waals surface area contributed by atoms with Gasteiger partial charge in [0.1, 0.15) is 12.4 Å². The first-order chi connectivity index (χ1) is 13.2. The lowest BCUT2D eigenvalue weighted by molar-refractivity contribution is -0.142. The summed E-state index contributed by atoms with van der Waals surface area (Å²) in [6.07, 6.45) is 0.705. The van der Waals surface area contributed by atoms with Crippen molar-refractivity contribution in [3.05, 3.63) is 64.7 Å². The SMILES string of the molecule is CC(=O)OCC(C)(Cc1cc(C(C)(C)C)c(O)c(C(C)(C)C)c1)c1ccccc1. The second-order valence-electron chi connectivity index (χ2n) is 10.4. The lowest BCUT2D eigenvalue weighted by atomic mass is 9.74. The minimum atomic E-state index is -0.367.